The molecule has 0 aliphatic heterocycles. The highest BCUT2D eigenvalue weighted by molar-refractivity contribution is 5.79. The zero-order chi connectivity index (χ0) is 8.15. The van der Waals surface area contributed by atoms with E-state index in [1.165, 1.54) is 0 Å². The Labute approximate surface area is 62.0 Å². The first-order chi connectivity index (χ1) is 4.63. The summed E-state index contributed by atoms with van der Waals surface area (Å²) in [7, 11) is 3.54. The van der Waals surface area contributed by atoms with Gasteiger partial charge in [0.2, 0.25) is 0 Å². The molecule has 0 aromatic heterocycles. The van der Waals surface area contributed by atoms with Crippen molar-refractivity contribution in [1.29, 1.82) is 5.41 Å². The first kappa shape index (κ1) is 9.39. The quantitative estimate of drug-likeness (QED) is 0.301. The van der Waals surface area contributed by atoms with Crippen LogP contribution in [-0.2, 0) is 0 Å². The Bertz CT molecular complexity index is 106. The van der Waals surface area contributed by atoms with Crippen LogP contribution in [-0.4, -0.2) is 25.0 Å². The monoisotopic (exact) mass is 144 g/mol. The number of hydrogen-bond donors (Lipinski definition) is 3. The van der Waals surface area contributed by atoms with Crippen LogP contribution in [0.2, 0.25) is 0 Å². The summed E-state index contributed by atoms with van der Waals surface area (Å²) in [5.41, 5.74) is 5.66. The lowest BCUT2D eigenvalue weighted by Gasteiger charge is -2.24. The van der Waals surface area contributed by atoms with Crippen LogP contribution in [0.4, 0.5) is 0 Å². The second-order valence-corrected chi connectivity index (χ2v) is 2.32. The van der Waals surface area contributed by atoms with Crippen LogP contribution in [0.5, 0.6) is 0 Å². The maximum Gasteiger partial charge on any atom is 0.130 e. The molecule has 0 aromatic rings. The molecule has 0 radical (unpaired) electrons. The molecule has 3 N–H and O–H groups in total. The molecule has 0 atom stereocenters. The van der Waals surface area contributed by atoms with E-state index in [2.05, 4.69) is 10.9 Å². The van der Waals surface area contributed by atoms with Gasteiger partial charge in [0.1, 0.15) is 5.84 Å². The Morgan fingerprint density at radius 2 is 1.70 bits per heavy atom. The number of nitrogens with zero attached hydrogens (tertiary/aromatic N) is 1. The third-order valence-electron chi connectivity index (χ3n) is 1.23. The van der Waals surface area contributed by atoms with E-state index in [1.54, 1.807) is 19.2 Å². The van der Waals surface area contributed by atoms with Gasteiger partial charge in [-0.05, 0) is 0 Å². The zero-order valence-corrected chi connectivity index (χ0v) is 7.02. The van der Waals surface area contributed by atoms with E-state index in [0.29, 0.717) is 5.84 Å². The van der Waals surface area contributed by atoms with Gasteiger partial charge in [0.05, 0.1) is 0 Å². The molecule has 0 saturated carbocycles. The summed E-state index contributed by atoms with van der Waals surface area (Å²) < 4.78 is 0. The van der Waals surface area contributed by atoms with E-state index in [4.69, 9.17) is 5.41 Å². The molecule has 0 unspecified atom stereocenters. The van der Waals surface area contributed by atoms with Crippen LogP contribution in [0.3, 0.4) is 0 Å². The average Bonchev–Trinajstić information content (AvgIpc) is 1.90. The van der Waals surface area contributed by atoms with Crippen molar-refractivity contribution < 1.29 is 0 Å². The summed E-state index contributed by atoms with van der Waals surface area (Å²) in [6.07, 6.45) is 0. The third-order valence-corrected chi connectivity index (χ3v) is 1.23. The van der Waals surface area contributed by atoms with E-state index in [1.807, 2.05) is 13.8 Å². The van der Waals surface area contributed by atoms with Crippen molar-refractivity contribution >= 4 is 5.84 Å². The highest BCUT2D eigenvalue weighted by atomic mass is 15.7. The summed E-state index contributed by atoms with van der Waals surface area (Å²) in [6.45, 7) is 3.95. The Morgan fingerprint density at radius 3 is 1.80 bits per heavy atom. The maximum atomic E-state index is 7.50. The second kappa shape index (κ2) is 4.24. The Balaban J connectivity index is 3.89. The Kier molecular flexibility index (Phi) is 3.99. The molecule has 4 heteroatoms. The van der Waals surface area contributed by atoms with E-state index in [-0.39, 0.29) is 5.92 Å². The molecule has 0 spiro atoms. The molecule has 0 saturated heterocycles. The molecule has 0 heterocycles. The van der Waals surface area contributed by atoms with Gasteiger partial charge in [0.15, 0.2) is 0 Å². The summed E-state index contributed by atoms with van der Waals surface area (Å²) in [6, 6.07) is 0. The summed E-state index contributed by atoms with van der Waals surface area (Å²) >= 11 is 0. The summed E-state index contributed by atoms with van der Waals surface area (Å²) in [5.74, 6) is 0.768. The molecule has 0 aliphatic carbocycles. The first-order valence-electron chi connectivity index (χ1n) is 3.36. The fourth-order valence-electron chi connectivity index (χ4n) is 0.611. The van der Waals surface area contributed by atoms with Crippen LogP contribution < -0.4 is 10.9 Å². The van der Waals surface area contributed by atoms with E-state index >= 15 is 0 Å². The van der Waals surface area contributed by atoms with Gasteiger partial charge in [-0.2, -0.15) is 0 Å². The van der Waals surface area contributed by atoms with Crippen molar-refractivity contribution in [2.45, 2.75) is 13.8 Å². The van der Waals surface area contributed by atoms with Gasteiger partial charge in [-0.1, -0.05) is 13.8 Å². The highest BCUT2D eigenvalue weighted by Crippen LogP contribution is 1.95. The molecule has 10 heavy (non-hydrogen) atoms. The van der Waals surface area contributed by atoms with Crippen LogP contribution in [0, 0.1) is 11.3 Å². The van der Waals surface area contributed by atoms with Gasteiger partial charge in [0, 0.05) is 20.0 Å². The Hall–Kier alpha value is -0.610. The smallest absolute Gasteiger partial charge is 0.130 e. The molecular weight excluding hydrogens is 128 g/mol. The van der Waals surface area contributed by atoms with E-state index in [9.17, 15) is 0 Å². The molecule has 0 amide bonds. The molecule has 0 fully saturated rings. The standard InChI is InChI=1S/C6H16N4/c1-5(2)6(7)10(8-3)9-4/h5,7-9H,1-4H3. The van der Waals surface area contributed by atoms with Crippen molar-refractivity contribution in [3.63, 3.8) is 0 Å². The van der Waals surface area contributed by atoms with E-state index < -0.39 is 0 Å². The minimum atomic E-state index is 0.236. The molecule has 0 aromatic carbocycles. The molecular formula is C6H16N4. The van der Waals surface area contributed by atoms with E-state index in [0.717, 1.165) is 0 Å². The largest absolute Gasteiger partial charge is 0.286 e. The summed E-state index contributed by atoms with van der Waals surface area (Å²) in [4.78, 5) is 0. The van der Waals surface area contributed by atoms with Gasteiger partial charge >= 0.3 is 0 Å². The van der Waals surface area contributed by atoms with Gasteiger partial charge in [-0.3, -0.25) is 5.41 Å². The van der Waals surface area contributed by atoms with Crippen LogP contribution in [0.15, 0.2) is 0 Å². The number of nitrogens with one attached hydrogen (secondary N) is 3. The van der Waals surface area contributed by atoms with Crippen molar-refractivity contribution in [3.8, 4) is 0 Å². The molecule has 0 bridgehead atoms. The van der Waals surface area contributed by atoms with Gasteiger partial charge < -0.3 is 0 Å². The fraction of sp³-hybridized carbons (Fsp3) is 0.833. The van der Waals surface area contributed by atoms with Crippen LogP contribution in [0.25, 0.3) is 0 Å². The van der Waals surface area contributed by atoms with Gasteiger partial charge in [-0.15, -0.1) is 0 Å². The number of amidine groups is 1. The fourth-order valence-corrected chi connectivity index (χ4v) is 0.611. The predicted octanol–water partition coefficient (Wildman–Crippen LogP) is 0.190. The van der Waals surface area contributed by atoms with Crippen LogP contribution >= 0.6 is 0 Å². The number of hydrogen-bond acceptors (Lipinski definition) is 3. The SMILES string of the molecule is CNN(NC)C(=N)C(C)C. The minimum absolute atomic E-state index is 0.236. The minimum Gasteiger partial charge on any atom is -0.286 e. The number of hydrazine groups is 2. The lowest BCUT2D eigenvalue weighted by molar-refractivity contribution is 0.252. The predicted molar refractivity (Wildman–Crippen MR) is 42.5 cm³/mol. The summed E-state index contributed by atoms with van der Waals surface area (Å²) in [5, 5.41) is 9.08. The van der Waals surface area contributed by atoms with Crippen molar-refractivity contribution in [2.24, 2.45) is 5.92 Å². The lowest BCUT2D eigenvalue weighted by atomic mass is 10.2. The zero-order valence-electron chi connectivity index (χ0n) is 7.02. The maximum absolute atomic E-state index is 7.50. The molecule has 0 aliphatic rings. The van der Waals surface area contributed by atoms with Gasteiger partial charge in [-0.25, -0.2) is 16.0 Å². The van der Waals surface area contributed by atoms with Crippen molar-refractivity contribution in [3.05, 3.63) is 0 Å². The second-order valence-electron chi connectivity index (χ2n) is 2.32. The highest BCUT2D eigenvalue weighted by Gasteiger charge is 2.08. The third kappa shape index (κ3) is 2.33. The number of rotatable bonds is 3. The van der Waals surface area contributed by atoms with Crippen molar-refractivity contribution in [1.82, 2.24) is 16.0 Å². The topological polar surface area (TPSA) is 51.1 Å². The first-order valence-corrected chi connectivity index (χ1v) is 3.36. The molecule has 0 rings (SSSR count). The molecule has 4 nitrogen and oxygen atoms in total. The van der Waals surface area contributed by atoms with Crippen LogP contribution in [0.1, 0.15) is 13.8 Å². The van der Waals surface area contributed by atoms with Crippen molar-refractivity contribution in [2.75, 3.05) is 14.1 Å². The average molecular weight is 144 g/mol. The van der Waals surface area contributed by atoms with Gasteiger partial charge in [0.25, 0.3) is 0 Å². The molecule has 60 valence electrons. The lowest BCUT2D eigenvalue weighted by Crippen LogP contribution is -2.49. The normalized spacial score (nSPS) is 10.1. The Morgan fingerprint density at radius 1 is 1.30 bits per heavy atom.